The second-order valence-corrected chi connectivity index (χ2v) is 10.6. The molecule has 134 valence electrons. The lowest BCUT2D eigenvalue weighted by Gasteiger charge is -2.26. The van der Waals surface area contributed by atoms with E-state index in [-0.39, 0.29) is 10.8 Å². The molecule has 0 spiro atoms. The highest BCUT2D eigenvalue weighted by Crippen LogP contribution is 2.52. The predicted molar refractivity (Wildman–Crippen MR) is 114 cm³/mol. The molecule has 0 radical (unpaired) electrons. The van der Waals surface area contributed by atoms with E-state index >= 15 is 0 Å². The highest BCUT2D eigenvalue weighted by molar-refractivity contribution is 8.04. The quantitative estimate of drug-likeness (QED) is 0.507. The van der Waals surface area contributed by atoms with Gasteiger partial charge in [0.25, 0.3) is 0 Å². The maximum Gasteiger partial charge on any atom is 0.0244 e. The summed E-state index contributed by atoms with van der Waals surface area (Å²) in [6.07, 6.45) is 0. The van der Waals surface area contributed by atoms with Gasteiger partial charge in [-0.1, -0.05) is 59.7 Å². The summed E-state index contributed by atoms with van der Waals surface area (Å²) in [5.74, 6) is 1.10. The molecule has 0 bridgehead atoms. The summed E-state index contributed by atoms with van der Waals surface area (Å²) in [4.78, 5) is 1.52. The van der Waals surface area contributed by atoms with Crippen molar-refractivity contribution >= 4 is 17.3 Å². The van der Waals surface area contributed by atoms with Crippen LogP contribution >= 0.6 is 11.8 Å². The van der Waals surface area contributed by atoms with E-state index in [2.05, 4.69) is 80.5 Å². The minimum atomic E-state index is 0.165. The van der Waals surface area contributed by atoms with Gasteiger partial charge in [0.15, 0.2) is 0 Å². The summed E-state index contributed by atoms with van der Waals surface area (Å²) in [6.45, 7) is 20.8. The minimum absolute atomic E-state index is 0.165. The zero-order valence-corrected chi connectivity index (χ0v) is 18.2. The Kier molecular flexibility index (Phi) is 4.39. The monoisotopic (exact) mass is 352 g/mol. The molecule has 0 aromatic heterocycles. The number of thioether (sulfide) groups is 1. The standard InChI is InChI=1S/C24H32S/c1-14-15(2)21-20(13-25-22(21)16(14)3)17-10-18(23(4,5)6)12-19(11-17)24(7,8)9/h10-12H,13H2,1-9H3. The molecule has 0 fully saturated rings. The van der Waals surface area contributed by atoms with Crippen molar-refractivity contribution in [3.63, 3.8) is 0 Å². The molecule has 2 aliphatic rings. The van der Waals surface area contributed by atoms with E-state index in [9.17, 15) is 0 Å². The van der Waals surface area contributed by atoms with Gasteiger partial charge in [0, 0.05) is 10.7 Å². The first kappa shape index (κ1) is 18.6. The van der Waals surface area contributed by atoms with Crippen molar-refractivity contribution in [2.24, 2.45) is 0 Å². The first-order chi connectivity index (χ1) is 11.4. The Hall–Kier alpha value is -1.21. The molecule has 0 saturated carbocycles. The zero-order chi connectivity index (χ0) is 18.7. The van der Waals surface area contributed by atoms with E-state index in [1.165, 1.54) is 49.5 Å². The Morgan fingerprint density at radius 2 is 1.24 bits per heavy atom. The Balaban J connectivity index is 2.25. The van der Waals surface area contributed by atoms with Gasteiger partial charge < -0.3 is 0 Å². The van der Waals surface area contributed by atoms with Crippen LogP contribution in [0.2, 0.25) is 0 Å². The number of benzene rings is 1. The Morgan fingerprint density at radius 3 is 1.72 bits per heavy atom. The lowest BCUT2D eigenvalue weighted by molar-refractivity contribution is 0.568. The van der Waals surface area contributed by atoms with Crippen molar-refractivity contribution in [1.82, 2.24) is 0 Å². The van der Waals surface area contributed by atoms with E-state index < -0.39 is 0 Å². The fourth-order valence-electron chi connectivity index (χ4n) is 3.65. The molecule has 0 amide bonds. The summed E-state index contributed by atoms with van der Waals surface area (Å²) in [5, 5.41) is 0. The van der Waals surface area contributed by atoms with Gasteiger partial charge in [0.05, 0.1) is 0 Å². The number of hydrogen-bond acceptors (Lipinski definition) is 1. The van der Waals surface area contributed by atoms with Crippen LogP contribution < -0.4 is 0 Å². The average Bonchev–Trinajstić information content (AvgIpc) is 3.02. The molecule has 1 heterocycles. The van der Waals surface area contributed by atoms with Crippen molar-refractivity contribution < 1.29 is 0 Å². The molecule has 0 N–H and O–H groups in total. The third-order valence-electron chi connectivity index (χ3n) is 5.74. The molecule has 25 heavy (non-hydrogen) atoms. The summed E-state index contributed by atoms with van der Waals surface area (Å²) < 4.78 is 0. The van der Waals surface area contributed by atoms with Gasteiger partial charge in [-0.3, -0.25) is 0 Å². The van der Waals surface area contributed by atoms with E-state index in [4.69, 9.17) is 0 Å². The normalized spacial score (nSPS) is 18.6. The van der Waals surface area contributed by atoms with Crippen LogP contribution in [0.25, 0.3) is 5.57 Å². The highest BCUT2D eigenvalue weighted by Gasteiger charge is 2.31. The van der Waals surface area contributed by atoms with E-state index in [1.54, 1.807) is 0 Å². The van der Waals surface area contributed by atoms with Gasteiger partial charge in [-0.2, -0.15) is 0 Å². The highest BCUT2D eigenvalue weighted by atomic mass is 32.2. The maximum atomic E-state index is 2.44. The first-order valence-electron chi connectivity index (χ1n) is 9.33. The van der Waals surface area contributed by atoms with Gasteiger partial charge in [-0.15, -0.1) is 11.8 Å². The van der Waals surface area contributed by atoms with E-state index in [0.29, 0.717) is 0 Å². The number of rotatable bonds is 1. The fraction of sp³-hybridized carbons (Fsp3) is 0.500. The summed E-state index contributed by atoms with van der Waals surface area (Å²) in [6, 6.07) is 7.30. The lowest BCUT2D eigenvalue weighted by atomic mass is 9.78. The van der Waals surface area contributed by atoms with Crippen LogP contribution in [0, 0.1) is 0 Å². The van der Waals surface area contributed by atoms with Gasteiger partial charge in [-0.05, 0) is 76.2 Å². The number of fused-ring (bicyclic) bond motifs is 1. The van der Waals surface area contributed by atoms with Gasteiger partial charge >= 0.3 is 0 Å². The molecular weight excluding hydrogens is 320 g/mol. The molecule has 0 unspecified atom stereocenters. The SMILES string of the molecule is CC1=C(C)C2=C(c3cc(C(C)(C)C)cc(C(C)(C)C)c3)CSC2=C1C. The lowest BCUT2D eigenvalue weighted by Crippen LogP contribution is -2.17. The summed E-state index contributed by atoms with van der Waals surface area (Å²) in [5.41, 5.74) is 12.1. The average molecular weight is 353 g/mol. The van der Waals surface area contributed by atoms with Crippen molar-refractivity contribution in [2.45, 2.75) is 73.1 Å². The number of allylic oxidation sites excluding steroid dienone is 4. The van der Waals surface area contributed by atoms with Crippen molar-refractivity contribution in [3.8, 4) is 0 Å². The van der Waals surface area contributed by atoms with Crippen molar-refractivity contribution in [2.75, 3.05) is 5.75 Å². The fourth-order valence-corrected chi connectivity index (χ4v) is 5.04. The second kappa shape index (κ2) is 5.91. The minimum Gasteiger partial charge on any atom is -0.120 e. The molecule has 0 atom stereocenters. The molecule has 1 aromatic rings. The first-order valence-corrected chi connectivity index (χ1v) is 10.3. The molecule has 1 aromatic carbocycles. The molecule has 3 rings (SSSR count). The van der Waals surface area contributed by atoms with Gasteiger partial charge in [-0.25, -0.2) is 0 Å². The Bertz CT molecular complexity index is 798. The molecule has 0 saturated heterocycles. The summed E-state index contributed by atoms with van der Waals surface area (Å²) >= 11 is 2.02. The second-order valence-electron chi connectivity index (χ2n) is 9.65. The maximum absolute atomic E-state index is 2.44. The van der Waals surface area contributed by atoms with Crippen LogP contribution in [0.15, 0.2) is 45.4 Å². The van der Waals surface area contributed by atoms with Gasteiger partial charge in [0.2, 0.25) is 0 Å². The van der Waals surface area contributed by atoms with Crippen LogP contribution in [-0.4, -0.2) is 5.75 Å². The van der Waals surface area contributed by atoms with Gasteiger partial charge in [0.1, 0.15) is 0 Å². The number of hydrogen-bond donors (Lipinski definition) is 0. The van der Waals surface area contributed by atoms with Crippen LogP contribution in [0.4, 0.5) is 0 Å². The van der Waals surface area contributed by atoms with Crippen molar-refractivity contribution in [3.05, 3.63) is 62.1 Å². The van der Waals surface area contributed by atoms with Crippen LogP contribution in [-0.2, 0) is 10.8 Å². The third-order valence-corrected chi connectivity index (χ3v) is 6.98. The summed E-state index contributed by atoms with van der Waals surface area (Å²) in [7, 11) is 0. The van der Waals surface area contributed by atoms with E-state index in [1.807, 2.05) is 11.8 Å². The smallest absolute Gasteiger partial charge is 0.0244 e. The third kappa shape index (κ3) is 3.16. The predicted octanol–water partition coefficient (Wildman–Crippen LogP) is 7.41. The van der Waals surface area contributed by atoms with Crippen molar-refractivity contribution in [1.29, 1.82) is 0 Å². The van der Waals surface area contributed by atoms with Crippen LogP contribution in [0.1, 0.15) is 79.0 Å². The molecule has 1 aliphatic heterocycles. The zero-order valence-electron chi connectivity index (χ0n) is 17.3. The van der Waals surface area contributed by atoms with Crippen LogP contribution in [0.3, 0.4) is 0 Å². The Morgan fingerprint density at radius 1 is 0.720 bits per heavy atom. The molecule has 1 heteroatoms. The molecule has 1 aliphatic carbocycles. The Labute approximate surface area is 158 Å². The molecular formula is C24H32S. The largest absolute Gasteiger partial charge is 0.120 e. The van der Waals surface area contributed by atoms with E-state index in [0.717, 1.165) is 5.75 Å². The topological polar surface area (TPSA) is 0 Å². The molecule has 0 nitrogen and oxygen atoms in total. The van der Waals surface area contributed by atoms with Crippen LogP contribution in [0.5, 0.6) is 0 Å².